The van der Waals surface area contributed by atoms with Crippen LogP contribution in [0.3, 0.4) is 0 Å². The molecule has 0 radical (unpaired) electrons. The van der Waals surface area contributed by atoms with Crippen LogP contribution in [0, 0.1) is 0 Å². The summed E-state index contributed by atoms with van der Waals surface area (Å²) in [5.74, 6) is 5.58. The van der Waals surface area contributed by atoms with Crippen molar-refractivity contribution in [3.05, 3.63) is 30.2 Å². The highest BCUT2D eigenvalue weighted by atomic mass is 16.6. The van der Waals surface area contributed by atoms with Gasteiger partial charge in [0.15, 0.2) is 5.82 Å². The van der Waals surface area contributed by atoms with Crippen molar-refractivity contribution in [2.24, 2.45) is 5.90 Å². The number of pyridine rings is 1. The van der Waals surface area contributed by atoms with Crippen LogP contribution in [-0.2, 0) is 11.4 Å². The molecule has 2 rings (SSSR count). The Morgan fingerprint density at radius 3 is 2.93 bits per heavy atom. The molecule has 0 aliphatic rings. The van der Waals surface area contributed by atoms with Gasteiger partial charge in [-0.1, -0.05) is 6.07 Å². The minimum absolute atomic E-state index is 0.336. The fraction of sp³-hybridized carbons (Fsp3) is 0.143. The molecule has 0 aliphatic carbocycles. The van der Waals surface area contributed by atoms with E-state index in [0.717, 1.165) is 5.56 Å². The summed E-state index contributed by atoms with van der Waals surface area (Å²) in [5, 5.41) is 10.7. The van der Waals surface area contributed by atoms with Crippen LogP contribution >= 0.6 is 0 Å². The van der Waals surface area contributed by atoms with Crippen molar-refractivity contribution in [3.63, 3.8) is 0 Å². The smallest absolute Gasteiger partial charge is 0.156 e. The molecule has 2 heterocycles. The van der Waals surface area contributed by atoms with Crippen LogP contribution in [0.4, 0.5) is 0 Å². The van der Waals surface area contributed by atoms with Gasteiger partial charge in [0, 0.05) is 6.20 Å². The van der Waals surface area contributed by atoms with Gasteiger partial charge in [-0.15, -0.1) is 5.10 Å². The predicted molar refractivity (Wildman–Crippen MR) is 45.9 cm³/mol. The van der Waals surface area contributed by atoms with Gasteiger partial charge < -0.3 is 0 Å². The zero-order valence-electron chi connectivity index (χ0n) is 7.24. The van der Waals surface area contributed by atoms with E-state index in [0.29, 0.717) is 12.4 Å². The molecule has 0 atom stereocenters. The zero-order chi connectivity index (χ0) is 9.80. The maximum Gasteiger partial charge on any atom is 0.156 e. The first kappa shape index (κ1) is 8.73. The average molecular weight is 192 g/mol. The van der Waals surface area contributed by atoms with E-state index in [1.165, 1.54) is 11.0 Å². The standard InChI is InChI=1S/C7H8N6O/c8-14-4-6-1-2-7(9-3-6)13-5-10-11-12-13/h1-3,5H,4,8H2. The Hall–Kier alpha value is -1.86. The molecule has 0 unspecified atom stereocenters. The van der Waals surface area contributed by atoms with E-state index in [9.17, 15) is 0 Å². The van der Waals surface area contributed by atoms with Crippen LogP contribution in [-0.4, -0.2) is 25.2 Å². The van der Waals surface area contributed by atoms with Crippen LogP contribution < -0.4 is 5.90 Å². The van der Waals surface area contributed by atoms with E-state index in [4.69, 9.17) is 5.90 Å². The summed E-state index contributed by atoms with van der Waals surface area (Å²) in [6.45, 7) is 0.336. The minimum atomic E-state index is 0.336. The highest BCUT2D eigenvalue weighted by Crippen LogP contribution is 2.03. The highest BCUT2D eigenvalue weighted by molar-refractivity contribution is 5.22. The van der Waals surface area contributed by atoms with Gasteiger partial charge in [0.05, 0.1) is 6.61 Å². The van der Waals surface area contributed by atoms with Crippen molar-refractivity contribution >= 4 is 0 Å². The number of hydrogen-bond acceptors (Lipinski definition) is 6. The summed E-state index contributed by atoms with van der Waals surface area (Å²) < 4.78 is 1.47. The van der Waals surface area contributed by atoms with Gasteiger partial charge in [0.2, 0.25) is 0 Å². The van der Waals surface area contributed by atoms with Gasteiger partial charge in [0.25, 0.3) is 0 Å². The highest BCUT2D eigenvalue weighted by Gasteiger charge is 1.99. The molecule has 0 amide bonds. The van der Waals surface area contributed by atoms with E-state index in [1.807, 2.05) is 6.07 Å². The molecule has 14 heavy (non-hydrogen) atoms. The topological polar surface area (TPSA) is 91.7 Å². The Morgan fingerprint density at radius 1 is 1.43 bits per heavy atom. The molecule has 2 aromatic rings. The lowest BCUT2D eigenvalue weighted by Gasteiger charge is -2.00. The van der Waals surface area contributed by atoms with Gasteiger partial charge in [0.1, 0.15) is 6.33 Å². The number of hydrogen-bond donors (Lipinski definition) is 1. The second-order valence-corrected chi connectivity index (χ2v) is 2.59. The second kappa shape index (κ2) is 3.90. The van der Waals surface area contributed by atoms with E-state index < -0.39 is 0 Å². The Kier molecular flexibility index (Phi) is 2.43. The number of tetrazole rings is 1. The minimum Gasteiger partial charge on any atom is -0.300 e. The van der Waals surface area contributed by atoms with Crippen molar-refractivity contribution in [1.82, 2.24) is 25.2 Å². The molecule has 7 nitrogen and oxygen atoms in total. The lowest BCUT2D eigenvalue weighted by molar-refractivity contribution is 0.124. The van der Waals surface area contributed by atoms with E-state index in [2.05, 4.69) is 25.3 Å². The lowest BCUT2D eigenvalue weighted by atomic mass is 10.3. The SMILES string of the molecule is NOCc1ccc(-n2cnnn2)nc1. The maximum absolute atomic E-state index is 4.93. The Labute approximate surface area is 79.5 Å². The van der Waals surface area contributed by atoms with Gasteiger partial charge in [-0.25, -0.2) is 10.9 Å². The summed E-state index contributed by atoms with van der Waals surface area (Å²) in [6.07, 6.45) is 3.13. The van der Waals surface area contributed by atoms with E-state index in [-0.39, 0.29) is 0 Å². The molecule has 0 aliphatic heterocycles. The second-order valence-electron chi connectivity index (χ2n) is 2.59. The molecule has 0 fully saturated rings. The fourth-order valence-corrected chi connectivity index (χ4v) is 1.00. The van der Waals surface area contributed by atoms with Crippen molar-refractivity contribution < 1.29 is 4.84 Å². The predicted octanol–water partition coefficient (Wildman–Crippen LogP) is -0.552. The third-order valence-electron chi connectivity index (χ3n) is 1.64. The fourth-order valence-electron chi connectivity index (χ4n) is 1.00. The summed E-state index contributed by atoms with van der Waals surface area (Å²) in [6, 6.07) is 3.63. The molecule has 2 N–H and O–H groups in total. The average Bonchev–Trinajstić information content (AvgIpc) is 2.72. The number of nitrogens with two attached hydrogens (primary N) is 1. The first-order chi connectivity index (χ1) is 6.90. The van der Waals surface area contributed by atoms with Crippen molar-refractivity contribution in [2.75, 3.05) is 0 Å². The van der Waals surface area contributed by atoms with Gasteiger partial charge >= 0.3 is 0 Å². The zero-order valence-corrected chi connectivity index (χ0v) is 7.24. The lowest BCUT2D eigenvalue weighted by Crippen LogP contribution is -2.02. The van der Waals surface area contributed by atoms with Crippen LogP contribution in [0.5, 0.6) is 0 Å². The quantitative estimate of drug-likeness (QED) is 0.656. The number of nitrogens with zero attached hydrogens (tertiary/aromatic N) is 5. The van der Waals surface area contributed by atoms with Crippen LogP contribution in [0.2, 0.25) is 0 Å². The van der Waals surface area contributed by atoms with Crippen molar-refractivity contribution in [3.8, 4) is 5.82 Å². The largest absolute Gasteiger partial charge is 0.300 e. The number of rotatable bonds is 3. The summed E-state index contributed by atoms with van der Waals surface area (Å²) in [4.78, 5) is 8.60. The third-order valence-corrected chi connectivity index (χ3v) is 1.64. The molecule has 0 bridgehead atoms. The van der Waals surface area contributed by atoms with Crippen LogP contribution in [0.15, 0.2) is 24.7 Å². The van der Waals surface area contributed by atoms with E-state index in [1.54, 1.807) is 12.3 Å². The molecular weight excluding hydrogens is 184 g/mol. The summed E-state index contributed by atoms with van der Waals surface area (Å²) in [5.41, 5.74) is 0.893. The van der Waals surface area contributed by atoms with Gasteiger partial charge in [-0.2, -0.15) is 4.68 Å². The van der Waals surface area contributed by atoms with Crippen molar-refractivity contribution in [1.29, 1.82) is 0 Å². The molecule has 72 valence electrons. The number of aromatic nitrogens is 5. The van der Waals surface area contributed by atoms with Crippen LogP contribution in [0.25, 0.3) is 5.82 Å². The van der Waals surface area contributed by atoms with Crippen LogP contribution in [0.1, 0.15) is 5.56 Å². The molecule has 0 saturated carbocycles. The molecule has 2 aromatic heterocycles. The van der Waals surface area contributed by atoms with Gasteiger partial charge in [-0.05, 0) is 22.1 Å². The first-order valence-corrected chi connectivity index (χ1v) is 3.90. The van der Waals surface area contributed by atoms with E-state index >= 15 is 0 Å². The monoisotopic (exact) mass is 192 g/mol. The molecule has 0 saturated heterocycles. The maximum atomic E-state index is 4.93. The Morgan fingerprint density at radius 2 is 2.36 bits per heavy atom. The third kappa shape index (κ3) is 1.73. The molecule has 0 aromatic carbocycles. The molecule has 7 heteroatoms. The molecule has 0 spiro atoms. The molecular formula is C7H8N6O. The Bertz CT molecular complexity index is 383. The summed E-state index contributed by atoms with van der Waals surface area (Å²) >= 11 is 0. The first-order valence-electron chi connectivity index (χ1n) is 3.90. The normalized spacial score (nSPS) is 10.4. The van der Waals surface area contributed by atoms with Crippen molar-refractivity contribution in [2.45, 2.75) is 6.61 Å². The summed E-state index contributed by atoms with van der Waals surface area (Å²) in [7, 11) is 0. The van der Waals surface area contributed by atoms with Gasteiger partial charge in [-0.3, -0.25) is 4.84 Å². The Balaban J connectivity index is 2.22.